The SMILES string of the molecule is Cc1cc(C)cc(CC2(CNC(C)C)CCC2)c1. The Morgan fingerprint density at radius 2 is 1.72 bits per heavy atom. The highest BCUT2D eigenvalue weighted by atomic mass is 14.9. The van der Waals surface area contributed by atoms with E-state index in [4.69, 9.17) is 0 Å². The molecule has 0 heterocycles. The van der Waals surface area contributed by atoms with Gasteiger partial charge in [-0.2, -0.15) is 0 Å². The van der Waals surface area contributed by atoms with Crippen molar-refractivity contribution in [3.05, 3.63) is 34.9 Å². The minimum atomic E-state index is 0.532. The zero-order chi connectivity index (χ0) is 13.2. The van der Waals surface area contributed by atoms with Gasteiger partial charge in [-0.05, 0) is 44.1 Å². The molecule has 1 fully saturated rings. The van der Waals surface area contributed by atoms with Crippen LogP contribution in [0.4, 0.5) is 0 Å². The van der Waals surface area contributed by atoms with Crippen LogP contribution in [0.25, 0.3) is 0 Å². The Morgan fingerprint density at radius 3 is 2.17 bits per heavy atom. The molecule has 0 radical (unpaired) electrons. The summed E-state index contributed by atoms with van der Waals surface area (Å²) >= 11 is 0. The van der Waals surface area contributed by atoms with Gasteiger partial charge in [-0.3, -0.25) is 0 Å². The molecule has 1 saturated carbocycles. The molecule has 0 spiro atoms. The van der Waals surface area contributed by atoms with Crippen LogP contribution in [-0.2, 0) is 6.42 Å². The molecule has 1 aliphatic rings. The van der Waals surface area contributed by atoms with Crippen LogP contribution in [0.1, 0.15) is 49.8 Å². The van der Waals surface area contributed by atoms with Crippen LogP contribution in [0.3, 0.4) is 0 Å². The van der Waals surface area contributed by atoms with Crippen LogP contribution >= 0.6 is 0 Å². The molecule has 100 valence electrons. The van der Waals surface area contributed by atoms with E-state index >= 15 is 0 Å². The van der Waals surface area contributed by atoms with Crippen molar-refractivity contribution in [1.82, 2.24) is 5.32 Å². The van der Waals surface area contributed by atoms with Crippen molar-refractivity contribution in [2.45, 2.75) is 59.4 Å². The number of nitrogens with one attached hydrogen (secondary N) is 1. The van der Waals surface area contributed by atoms with Gasteiger partial charge >= 0.3 is 0 Å². The first-order chi connectivity index (χ1) is 8.49. The lowest BCUT2D eigenvalue weighted by Gasteiger charge is -2.43. The fraction of sp³-hybridized carbons (Fsp3) is 0.647. The van der Waals surface area contributed by atoms with E-state index in [-0.39, 0.29) is 0 Å². The van der Waals surface area contributed by atoms with Gasteiger partial charge in [0.25, 0.3) is 0 Å². The minimum Gasteiger partial charge on any atom is -0.314 e. The molecular weight excluding hydrogens is 218 g/mol. The lowest BCUT2D eigenvalue weighted by molar-refractivity contribution is 0.126. The topological polar surface area (TPSA) is 12.0 Å². The summed E-state index contributed by atoms with van der Waals surface area (Å²) in [6.45, 7) is 10.1. The summed E-state index contributed by atoms with van der Waals surface area (Å²) in [5.74, 6) is 0. The Bertz CT molecular complexity index is 382. The van der Waals surface area contributed by atoms with Crippen molar-refractivity contribution in [2.75, 3.05) is 6.54 Å². The number of benzene rings is 1. The highest BCUT2D eigenvalue weighted by Crippen LogP contribution is 2.43. The molecule has 1 aliphatic carbocycles. The molecule has 1 nitrogen and oxygen atoms in total. The third kappa shape index (κ3) is 3.35. The van der Waals surface area contributed by atoms with E-state index in [9.17, 15) is 0 Å². The molecule has 0 bridgehead atoms. The van der Waals surface area contributed by atoms with Crippen LogP contribution in [0.2, 0.25) is 0 Å². The summed E-state index contributed by atoms with van der Waals surface area (Å²) in [6, 6.07) is 7.59. The molecule has 0 aliphatic heterocycles. The zero-order valence-electron chi connectivity index (χ0n) is 12.3. The van der Waals surface area contributed by atoms with Crippen molar-refractivity contribution in [1.29, 1.82) is 0 Å². The summed E-state index contributed by atoms with van der Waals surface area (Å²) in [4.78, 5) is 0. The van der Waals surface area contributed by atoms with Gasteiger partial charge in [0.1, 0.15) is 0 Å². The molecule has 18 heavy (non-hydrogen) atoms. The molecule has 1 N–H and O–H groups in total. The second-order valence-corrected chi connectivity index (χ2v) is 6.56. The van der Waals surface area contributed by atoms with E-state index < -0.39 is 0 Å². The van der Waals surface area contributed by atoms with Crippen molar-refractivity contribution >= 4 is 0 Å². The molecule has 1 heteroatoms. The molecule has 2 rings (SSSR count). The monoisotopic (exact) mass is 245 g/mol. The van der Waals surface area contributed by atoms with Crippen molar-refractivity contribution in [3.8, 4) is 0 Å². The minimum absolute atomic E-state index is 0.532. The molecule has 0 atom stereocenters. The second-order valence-electron chi connectivity index (χ2n) is 6.56. The maximum Gasteiger partial charge on any atom is 0.00134 e. The van der Waals surface area contributed by atoms with Gasteiger partial charge in [0.05, 0.1) is 0 Å². The number of aryl methyl sites for hydroxylation is 2. The molecule has 1 aromatic rings. The summed E-state index contributed by atoms with van der Waals surface area (Å²) in [6.07, 6.45) is 5.43. The standard InChI is InChI=1S/C17H27N/c1-13(2)18-12-17(6-5-7-17)11-16-9-14(3)8-15(4)10-16/h8-10,13,18H,5-7,11-12H2,1-4H3. The predicted octanol–water partition coefficient (Wildman–Crippen LogP) is 4.01. The summed E-state index contributed by atoms with van der Waals surface area (Å²) < 4.78 is 0. The van der Waals surface area contributed by atoms with Gasteiger partial charge in [-0.15, -0.1) is 0 Å². The Hall–Kier alpha value is -0.820. The third-order valence-corrected chi connectivity index (χ3v) is 4.16. The largest absolute Gasteiger partial charge is 0.314 e. The first-order valence-corrected chi connectivity index (χ1v) is 7.30. The first-order valence-electron chi connectivity index (χ1n) is 7.30. The van der Waals surface area contributed by atoms with Gasteiger partial charge < -0.3 is 5.32 Å². The Balaban J connectivity index is 2.05. The number of rotatable bonds is 5. The Labute approximate surface area is 112 Å². The molecule has 0 aromatic heterocycles. The fourth-order valence-corrected chi connectivity index (χ4v) is 3.12. The molecule has 0 saturated heterocycles. The van der Waals surface area contributed by atoms with E-state index in [2.05, 4.69) is 51.2 Å². The van der Waals surface area contributed by atoms with Crippen molar-refractivity contribution in [2.24, 2.45) is 5.41 Å². The van der Waals surface area contributed by atoms with Crippen LogP contribution in [-0.4, -0.2) is 12.6 Å². The second kappa shape index (κ2) is 5.44. The average molecular weight is 245 g/mol. The van der Waals surface area contributed by atoms with E-state index in [1.54, 1.807) is 0 Å². The predicted molar refractivity (Wildman–Crippen MR) is 79.0 cm³/mol. The lowest BCUT2D eigenvalue weighted by Crippen LogP contribution is -2.43. The van der Waals surface area contributed by atoms with Crippen LogP contribution in [0, 0.1) is 19.3 Å². The van der Waals surface area contributed by atoms with Crippen LogP contribution in [0.5, 0.6) is 0 Å². The highest BCUT2D eigenvalue weighted by Gasteiger charge is 2.36. The van der Waals surface area contributed by atoms with E-state index in [0.29, 0.717) is 11.5 Å². The normalized spacial score (nSPS) is 17.8. The van der Waals surface area contributed by atoms with Gasteiger partial charge in [-0.25, -0.2) is 0 Å². The quantitative estimate of drug-likeness (QED) is 0.826. The number of hydrogen-bond donors (Lipinski definition) is 1. The summed E-state index contributed by atoms with van der Waals surface area (Å²) in [7, 11) is 0. The Kier molecular flexibility index (Phi) is 4.11. The Morgan fingerprint density at radius 1 is 1.11 bits per heavy atom. The maximum absolute atomic E-state index is 3.64. The van der Waals surface area contributed by atoms with Crippen LogP contribution in [0.15, 0.2) is 18.2 Å². The van der Waals surface area contributed by atoms with Gasteiger partial charge in [0, 0.05) is 12.6 Å². The first kappa shape index (κ1) is 13.6. The van der Waals surface area contributed by atoms with Gasteiger partial charge in [-0.1, -0.05) is 49.6 Å². The third-order valence-electron chi connectivity index (χ3n) is 4.16. The highest BCUT2D eigenvalue weighted by molar-refractivity contribution is 5.29. The fourth-order valence-electron chi connectivity index (χ4n) is 3.12. The summed E-state index contributed by atoms with van der Waals surface area (Å²) in [5, 5.41) is 3.64. The molecule has 1 aromatic carbocycles. The van der Waals surface area contributed by atoms with E-state index in [1.807, 2.05) is 0 Å². The van der Waals surface area contributed by atoms with E-state index in [1.165, 1.54) is 48.9 Å². The molecular formula is C17H27N. The van der Waals surface area contributed by atoms with Crippen LogP contribution < -0.4 is 5.32 Å². The summed E-state index contributed by atoms with van der Waals surface area (Å²) in [5.41, 5.74) is 4.86. The average Bonchev–Trinajstić information content (AvgIpc) is 2.20. The number of hydrogen-bond acceptors (Lipinski definition) is 1. The van der Waals surface area contributed by atoms with Gasteiger partial charge in [0.15, 0.2) is 0 Å². The van der Waals surface area contributed by atoms with Crippen molar-refractivity contribution < 1.29 is 0 Å². The molecule has 0 unspecified atom stereocenters. The van der Waals surface area contributed by atoms with Gasteiger partial charge in [0.2, 0.25) is 0 Å². The zero-order valence-corrected chi connectivity index (χ0v) is 12.3. The maximum atomic E-state index is 3.64. The van der Waals surface area contributed by atoms with E-state index in [0.717, 1.165) is 0 Å². The lowest BCUT2D eigenvalue weighted by atomic mass is 9.65. The molecule has 0 amide bonds. The van der Waals surface area contributed by atoms with Crippen molar-refractivity contribution in [3.63, 3.8) is 0 Å². The smallest absolute Gasteiger partial charge is 0.00134 e.